The lowest BCUT2D eigenvalue weighted by Crippen LogP contribution is -2.23. The zero-order valence-corrected chi connectivity index (χ0v) is 13.0. The van der Waals surface area contributed by atoms with E-state index in [1.54, 1.807) is 30.3 Å². The zero-order chi connectivity index (χ0) is 14.7. The molecule has 0 saturated heterocycles. The summed E-state index contributed by atoms with van der Waals surface area (Å²) in [5.74, 6) is -0.174. The van der Waals surface area contributed by atoms with Gasteiger partial charge in [0.05, 0.1) is 0 Å². The highest BCUT2D eigenvalue weighted by atomic mass is 35.5. The van der Waals surface area contributed by atoms with E-state index in [1.165, 1.54) is 0 Å². The van der Waals surface area contributed by atoms with Gasteiger partial charge in [-0.1, -0.05) is 34.8 Å². The maximum absolute atomic E-state index is 12.0. The van der Waals surface area contributed by atoms with E-state index in [-0.39, 0.29) is 5.91 Å². The van der Waals surface area contributed by atoms with Crippen molar-refractivity contribution in [2.24, 2.45) is 0 Å². The van der Waals surface area contributed by atoms with Crippen LogP contribution in [0.2, 0.25) is 15.1 Å². The number of halogens is 3. The van der Waals surface area contributed by atoms with Crippen LogP contribution in [0.4, 0.5) is 0 Å². The predicted octanol–water partition coefficient (Wildman–Crippen LogP) is 4.89. The summed E-state index contributed by atoms with van der Waals surface area (Å²) in [7, 11) is 0. The largest absolute Gasteiger partial charge is 0.348 e. The number of hydrogen-bond acceptors (Lipinski definition) is 1. The molecule has 20 heavy (non-hydrogen) atoms. The molecule has 1 amide bonds. The predicted molar refractivity (Wildman–Crippen MR) is 83.8 cm³/mol. The Labute approximate surface area is 132 Å². The average molecular weight is 329 g/mol. The molecule has 0 bridgehead atoms. The van der Waals surface area contributed by atoms with Gasteiger partial charge in [0.1, 0.15) is 0 Å². The molecule has 0 radical (unpaired) electrons. The molecule has 1 N–H and O–H groups in total. The molecule has 2 aromatic rings. The van der Waals surface area contributed by atoms with E-state index in [1.807, 2.05) is 13.0 Å². The maximum Gasteiger partial charge on any atom is 0.251 e. The third-order valence-corrected chi connectivity index (χ3v) is 3.72. The first-order valence-corrected chi connectivity index (χ1v) is 7.09. The van der Waals surface area contributed by atoms with Crippen LogP contribution in [0.25, 0.3) is 0 Å². The van der Waals surface area contributed by atoms with Gasteiger partial charge in [-0.25, -0.2) is 0 Å². The Kier molecular flexibility index (Phi) is 4.92. The molecule has 0 aliphatic carbocycles. The van der Waals surface area contributed by atoms with Gasteiger partial charge in [0.25, 0.3) is 5.91 Å². The van der Waals surface area contributed by atoms with E-state index < -0.39 is 0 Å². The van der Waals surface area contributed by atoms with Crippen LogP contribution in [0, 0.1) is 6.92 Å². The van der Waals surface area contributed by atoms with Crippen LogP contribution in [0.5, 0.6) is 0 Å². The number of amides is 1. The normalized spacial score (nSPS) is 10.4. The highest BCUT2D eigenvalue weighted by Gasteiger charge is 2.09. The van der Waals surface area contributed by atoms with Crippen LogP contribution in [-0.2, 0) is 6.54 Å². The first kappa shape index (κ1) is 15.2. The molecule has 0 heterocycles. The molecular weight excluding hydrogens is 317 g/mol. The Morgan fingerprint density at radius 3 is 2.30 bits per heavy atom. The second kappa shape index (κ2) is 6.49. The maximum atomic E-state index is 12.0. The smallest absolute Gasteiger partial charge is 0.251 e. The third-order valence-electron chi connectivity index (χ3n) is 2.92. The molecule has 0 atom stereocenters. The molecule has 0 spiro atoms. The minimum absolute atomic E-state index is 0.174. The van der Waals surface area contributed by atoms with Crippen molar-refractivity contribution < 1.29 is 4.79 Å². The van der Waals surface area contributed by atoms with Gasteiger partial charge in [0.2, 0.25) is 0 Å². The summed E-state index contributed by atoms with van der Waals surface area (Å²) >= 11 is 17.8. The van der Waals surface area contributed by atoms with Gasteiger partial charge in [0.15, 0.2) is 0 Å². The van der Waals surface area contributed by atoms with Crippen LogP contribution < -0.4 is 5.32 Å². The van der Waals surface area contributed by atoms with Crippen molar-refractivity contribution >= 4 is 40.7 Å². The third kappa shape index (κ3) is 3.66. The molecule has 2 rings (SSSR count). The number of nitrogens with one attached hydrogen (secondary N) is 1. The van der Waals surface area contributed by atoms with Crippen LogP contribution in [0.3, 0.4) is 0 Å². The summed E-state index contributed by atoms with van der Waals surface area (Å²) in [5.41, 5.74) is 2.36. The molecule has 0 aromatic heterocycles. The molecule has 2 aromatic carbocycles. The number of hydrogen-bond donors (Lipinski definition) is 1. The summed E-state index contributed by atoms with van der Waals surface area (Å²) in [6.45, 7) is 2.25. The van der Waals surface area contributed by atoms with Crippen LogP contribution in [-0.4, -0.2) is 5.91 Å². The molecule has 0 saturated carbocycles. The molecule has 0 aliphatic heterocycles. The molecular formula is C15H12Cl3NO. The molecule has 0 fully saturated rings. The minimum Gasteiger partial charge on any atom is -0.348 e. The van der Waals surface area contributed by atoms with E-state index in [0.717, 1.165) is 11.1 Å². The molecule has 104 valence electrons. The first-order chi connectivity index (χ1) is 9.47. The van der Waals surface area contributed by atoms with E-state index >= 15 is 0 Å². The van der Waals surface area contributed by atoms with E-state index in [9.17, 15) is 4.79 Å². The van der Waals surface area contributed by atoms with Crippen molar-refractivity contribution in [3.63, 3.8) is 0 Å². The van der Waals surface area contributed by atoms with Gasteiger partial charge in [-0.15, -0.1) is 0 Å². The Hall–Kier alpha value is -1.22. The van der Waals surface area contributed by atoms with Crippen molar-refractivity contribution in [1.82, 2.24) is 5.32 Å². The molecule has 0 aliphatic rings. The summed E-state index contributed by atoms with van der Waals surface area (Å²) < 4.78 is 0. The highest BCUT2D eigenvalue weighted by Crippen LogP contribution is 2.24. The van der Waals surface area contributed by atoms with Gasteiger partial charge in [-0.05, 0) is 54.4 Å². The fourth-order valence-electron chi connectivity index (χ4n) is 1.83. The van der Waals surface area contributed by atoms with Gasteiger partial charge < -0.3 is 5.32 Å². The van der Waals surface area contributed by atoms with Crippen LogP contribution >= 0.6 is 34.8 Å². The topological polar surface area (TPSA) is 29.1 Å². The van der Waals surface area contributed by atoms with Crippen LogP contribution in [0.15, 0.2) is 36.4 Å². The quantitative estimate of drug-likeness (QED) is 0.854. The van der Waals surface area contributed by atoms with Crippen molar-refractivity contribution in [3.05, 3.63) is 68.2 Å². The molecule has 0 unspecified atom stereocenters. The number of rotatable bonds is 3. The highest BCUT2D eigenvalue weighted by molar-refractivity contribution is 6.35. The first-order valence-electron chi connectivity index (χ1n) is 5.95. The van der Waals surface area contributed by atoms with Gasteiger partial charge in [-0.3, -0.25) is 4.79 Å². The van der Waals surface area contributed by atoms with Crippen molar-refractivity contribution in [2.75, 3.05) is 0 Å². The minimum atomic E-state index is -0.174. The molecule has 5 heteroatoms. The number of benzene rings is 2. The Morgan fingerprint density at radius 2 is 1.70 bits per heavy atom. The lowest BCUT2D eigenvalue weighted by Gasteiger charge is -2.10. The second-order valence-electron chi connectivity index (χ2n) is 4.37. The molecule has 2 nitrogen and oxygen atoms in total. The fourth-order valence-corrected chi connectivity index (χ4v) is 2.62. The summed E-state index contributed by atoms with van der Waals surface area (Å²) in [5, 5.41) is 4.55. The summed E-state index contributed by atoms with van der Waals surface area (Å²) in [6.07, 6.45) is 0. The summed E-state index contributed by atoms with van der Waals surface area (Å²) in [6, 6.07) is 10.2. The van der Waals surface area contributed by atoms with E-state index in [4.69, 9.17) is 34.8 Å². The van der Waals surface area contributed by atoms with Crippen molar-refractivity contribution in [3.8, 4) is 0 Å². The Bertz CT molecular complexity index is 615. The fraction of sp³-hybridized carbons (Fsp3) is 0.133. The van der Waals surface area contributed by atoms with Gasteiger partial charge in [-0.2, -0.15) is 0 Å². The number of carbonyl (C=O) groups excluding carboxylic acids is 1. The van der Waals surface area contributed by atoms with Gasteiger partial charge in [0, 0.05) is 27.2 Å². The summed E-state index contributed by atoms with van der Waals surface area (Å²) in [4.78, 5) is 12.0. The average Bonchev–Trinajstić information content (AvgIpc) is 2.38. The Balaban J connectivity index is 2.09. The van der Waals surface area contributed by atoms with Crippen molar-refractivity contribution in [1.29, 1.82) is 0 Å². The van der Waals surface area contributed by atoms with E-state index in [2.05, 4.69) is 5.32 Å². The monoisotopic (exact) mass is 327 g/mol. The standard InChI is InChI=1S/C15H12Cl3NO/c1-9-6-12(17)7-14(18)13(9)8-19-15(20)10-2-4-11(16)5-3-10/h2-7H,8H2,1H3,(H,19,20). The second-order valence-corrected chi connectivity index (χ2v) is 5.65. The van der Waals surface area contributed by atoms with E-state index in [0.29, 0.717) is 27.2 Å². The lowest BCUT2D eigenvalue weighted by atomic mass is 10.1. The number of aryl methyl sites for hydroxylation is 1. The number of carbonyl (C=O) groups is 1. The zero-order valence-electron chi connectivity index (χ0n) is 10.7. The van der Waals surface area contributed by atoms with Crippen LogP contribution in [0.1, 0.15) is 21.5 Å². The van der Waals surface area contributed by atoms with Crippen molar-refractivity contribution in [2.45, 2.75) is 13.5 Å². The van der Waals surface area contributed by atoms with Gasteiger partial charge >= 0.3 is 0 Å². The Morgan fingerprint density at radius 1 is 1.05 bits per heavy atom. The lowest BCUT2D eigenvalue weighted by molar-refractivity contribution is 0.0951. The SMILES string of the molecule is Cc1cc(Cl)cc(Cl)c1CNC(=O)c1ccc(Cl)cc1.